The fourth-order valence-corrected chi connectivity index (χ4v) is 2.07. The normalized spacial score (nSPS) is 10.4. The number of allylic oxidation sites excluding steroid dienone is 1. The van der Waals surface area contributed by atoms with Crippen molar-refractivity contribution in [3.8, 4) is 11.5 Å². The Labute approximate surface area is 111 Å². The first kappa shape index (κ1) is 13.1. The molecule has 0 aliphatic carbocycles. The van der Waals surface area contributed by atoms with Gasteiger partial charge in [-0.25, -0.2) is 4.98 Å². The summed E-state index contributed by atoms with van der Waals surface area (Å²) in [5.41, 5.74) is 1.40. The maximum absolute atomic E-state index is 11.2. The highest BCUT2D eigenvalue weighted by molar-refractivity contribution is 5.91. The Hall–Kier alpha value is -2.30. The van der Waals surface area contributed by atoms with Gasteiger partial charge in [0.1, 0.15) is 22.5 Å². The van der Waals surface area contributed by atoms with Crippen LogP contribution in [-0.2, 0) is 6.54 Å². The lowest BCUT2D eigenvalue weighted by atomic mass is 10.2. The number of fused-ring (bicyclic) bond motifs is 1. The van der Waals surface area contributed by atoms with Gasteiger partial charge >= 0.3 is 0 Å². The summed E-state index contributed by atoms with van der Waals surface area (Å²) in [7, 11) is 3.16. The van der Waals surface area contributed by atoms with Crippen LogP contribution in [0.2, 0.25) is 0 Å². The van der Waals surface area contributed by atoms with Crippen molar-refractivity contribution in [3.63, 3.8) is 0 Å². The summed E-state index contributed by atoms with van der Waals surface area (Å²) in [6.07, 6.45) is 3.28. The number of rotatable bonds is 6. The van der Waals surface area contributed by atoms with Crippen LogP contribution in [0.15, 0.2) is 24.8 Å². The molecule has 1 aromatic carbocycles. The maximum atomic E-state index is 11.2. The van der Waals surface area contributed by atoms with Gasteiger partial charge < -0.3 is 14.0 Å². The zero-order valence-corrected chi connectivity index (χ0v) is 11.0. The minimum Gasteiger partial charge on any atom is -0.494 e. The Kier molecular flexibility index (Phi) is 3.85. The molecule has 0 spiro atoms. The van der Waals surface area contributed by atoms with Gasteiger partial charge in [0.25, 0.3) is 0 Å². The van der Waals surface area contributed by atoms with Gasteiger partial charge in [-0.2, -0.15) is 0 Å². The lowest BCUT2D eigenvalue weighted by Gasteiger charge is -2.09. The summed E-state index contributed by atoms with van der Waals surface area (Å²) in [6, 6.07) is 3.59. The number of ether oxygens (including phenoxy) is 2. The first-order chi connectivity index (χ1) is 9.26. The largest absolute Gasteiger partial charge is 0.494 e. The Morgan fingerprint density at radius 1 is 1.32 bits per heavy atom. The molecule has 1 heterocycles. The quantitative estimate of drug-likeness (QED) is 0.591. The van der Waals surface area contributed by atoms with Crippen molar-refractivity contribution in [2.75, 3.05) is 14.2 Å². The molecule has 0 radical (unpaired) electrons. The number of aldehydes is 1. The highest BCUT2D eigenvalue weighted by atomic mass is 16.5. The van der Waals surface area contributed by atoms with Gasteiger partial charge in [0.05, 0.1) is 14.2 Å². The number of carbonyl (C=O) groups is 1. The molecule has 19 heavy (non-hydrogen) atoms. The molecule has 0 unspecified atom stereocenters. The van der Waals surface area contributed by atoms with Gasteiger partial charge in [0, 0.05) is 6.54 Å². The zero-order valence-electron chi connectivity index (χ0n) is 11.0. The van der Waals surface area contributed by atoms with Crippen LogP contribution >= 0.6 is 0 Å². The van der Waals surface area contributed by atoms with E-state index in [1.54, 1.807) is 26.4 Å². The van der Waals surface area contributed by atoms with Crippen molar-refractivity contribution >= 4 is 17.3 Å². The molecular formula is C14H16N2O3. The molecule has 0 saturated heterocycles. The molecule has 0 saturated carbocycles. The lowest BCUT2D eigenvalue weighted by Crippen LogP contribution is -2.03. The molecule has 0 aliphatic heterocycles. The van der Waals surface area contributed by atoms with E-state index in [0.29, 0.717) is 29.4 Å². The van der Waals surface area contributed by atoms with Gasteiger partial charge in [-0.3, -0.25) is 4.79 Å². The molecule has 0 atom stereocenters. The van der Waals surface area contributed by atoms with Crippen LogP contribution < -0.4 is 9.47 Å². The van der Waals surface area contributed by atoms with Crippen molar-refractivity contribution in [1.29, 1.82) is 0 Å². The van der Waals surface area contributed by atoms with Gasteiger partial charge in [-0.05, 0) is 18.6 Å². The molecule has 5 heteroatoms. The minimum absolute atomic E-state index is 0.361. The summed E-state index contributed by atoms with van der Waals surface area (Å²) in [5, 5.41) is 0. The summed E-state index contributed by atoms with van der Waals surface area (Å²) >= 11 is 0. The van der Waals surface area contributed by atoms with Gasteiger partial charge in [0.2, 0.25) is 0 Å². The number of aromatic nitrogens is 2. The SMILES string of the molecule is C=CCCn1c(C=O)nc2c(OC)ccc(OC)c21. The molecule has 100 valence electrons. The van der Waals surface area contributed by atoms with Gasteiger partial charge in [-0.1, -0.05) is 6.08 Å². The molecule has 0 bridgehead atoms. The topological polar surface area (TPSA) is 53.4 Å². The average molecular weight is 260 g/mol. The third-order valence-electron chi connectivity index (χ3n) is 2.95. The predicted octanol–water partition coefficient (Wildman–Crippen LogP) is 2.44. The Morgan fingerprint density at radius 3 is 2.58 bits per heavy atom. The fourth-order valence-electron chi connectivity index (χ4n) is 2.07. The average Bonchev–Trinajstić information content (AvgIpc) is 2.82. The van der Waals surface area contributed by atoms with E-state index < -0.39 is 0 Å². The van der Waals surface area contributed by atoms with Crippen LogP contribution in [0.25, 0.3) is 11.0 Å². The van der Waals surface area contributed by atoms with Crippen LogP contribution in [0.3, 0.4) is 0 Å². The maximum Gasteiger partial charge on any atom is 0.185 e. The summed E-state index contributed by atoms with van der Waals surface area (Å²) in [4.78, 5) is 15.5. The minimum atomic E-state index is 0.361. The van der Waals surface area contributed by atoms with Crippen molar-refractivity contribution in [3.05, 3.63) is 30.6 Å². The molecule has 0 N–H and O–H groups in total. The number of aryl methyl sites for hydroxylation is 1. The van der Waals surface area contributed by atoms with E-state index >= 15 is 0 Å². The van der Waals surface area contributed by atoms with Crippen LogP contribution in [0.4, 0.5) is 0 Å². The van der Waals surface area contributed by atoms with E-state index in [0.717, 1.165) is 18.2 Å². The van der Waals surface area contributed by atoms with Crippen LogP contribution in [0.1, 0.15) is 17.0 Å². The smallest absolute Gasteiger partial charge is 0.185 e. The Morgan fingerprint density at radius 2 is 2.00 bits per heavy atom. The molecule has 2 aromatic rings. The fraction of sp³-hybridized carbons (Fsp3) is 0.286. The first-order valence-electron chi connectivity index (χ1n) is 5.94. The number of methoxy groups -OCH3 is 2. The summed E-state index contributed by atoms with van der Waals surface area (Å²) < 4.78 is 12.4. The number of hydrogen-bond acceptors (Lipinski definition) is 4. The number of carbonyl (C=O) groups excluding carboxylic acids is 1. The monoisotopic (exact) mass is 260 g/mol. The van der Waals surface area contributed by atoms with Gasteiger partial charge in [-0.15, -0.1) is 6.58 Å². The third kappa shape index (κ3) is 2.19. The molecular weight excluding hydrogens is 244 g/mol. The third-order valence-corrected chi connectivity index (χ3v) is 2.95. The van der Waals surface area contributed by atoms with Gasteiger partial charge in [0.15, 0.2) is 12.1 Å². The van der Waals surface area contributed by atoms with E-state index in [4.69, 9.17) is 9.47 Å². The van der Waals surface area contributed by atoms with E-state index in [2.05, 4.69) is 11.6 Å². The molecule has 0 amide bonds. The van der Waals surface area contributed by atoms with Crippen molar-refractivity contribution in [2.45, 2.75) is 13.0 Å². The predicted molar refractivity (Wildman–Crippen MR) is 73.0 cm³/mol. The summed E-state index contributed by atoms with van der Waals surface area (Å²) in [5.74, 6) is 1.65. The highest BCUT2D eigenvalue weighted by Crippen LogP contribution is 2.33. The highest BCUT2D eigenvalue weighted by Gasteiger charge is 2.17. The first-order valence-corrected chi connectivity index (χ1v) is 5.94. The number of hydrogen-bond donors (Lipinski definition) is 0. The second-order valence-electron chi connectivity index (χ2n) is 3.98. The molecule has 0 aliphatic rings. The van der Waals surface area contributed by atoms with Crippen LogP contribution in [0.5, 0.6) is 11.5 Å². The van der Waals surface area contributed by atoms with Crippen LogP contribution in [-0.4, -0.2) is 30.1 Å². The number of nitrogens with zero attached hydrogens (tertiary/aromatic N) is 2. The van der Waals surface area contributed by atoms with E-state index in [-0.39, 0.29) is 0 Å². The zero-order chi connectivity index (χ0) is 13.8. The number of benzene rings is 1. The van der Waals surface area contributed by atoms with Crippen molar-refractivity contribution < 1.29 is 14.3 Å². The molecule has 1 aromatic heterocycles. The molecule has 2 rings (SSSR count). The van der Waals surface area contributed by atoms with Crippen LogP contribution in [0, 0.1) is 0 Å². The molecule has 0 fully saturated rings. The second-order valence-corrected chi connectivity index (χ2v) is 3.98. The summed E-state index contributed by atoms with van der Waals surface area (Å²) in [6.45, 7) is 4.32. The van der Waals surface area contributed by atoms with E-state index in [1.165, 1.54) is 0 Å². The standard InChI is InChI=1S/C14H16N2O3/c1-4-5-8-16-12(9-17)15-13-10(18-2)6-7-11(19-3)14(13)16/h4,6-7,9H,1,5,8H2,2-3H3. The van der Waals surface area contributed by atoms with Crippen molar-refractivity contribution in [2.24, 2.45) is 0 Å². The molecule has 5 nitrogen and oxygen atoms in total. The second kappa shape index (κ2) is 5.56. The lowest BCUT2D eigenvalue weighted by molar-refractivity contribution is 0.111. The Bertz CT molecular complexity index is 617. The van der Waals surface area contributed by atoms with E-state index in [9.17, 15) is 4.79 Å². The number of imidazole rings is 1. The Balaban J connectivity index is 2.74. The van der Waals surface area contributed by atoms with E-state index in [1.807, 2.05) is 10.6 Å². The van der Waals surface area contributed by atoms with Crippen molar-refractivity contribution in [1.82, 2.24) is 9.55 Å².